The summed E-state index contributed by atoms with van der Waals surface area (Å²) < 4.78 is 0. The van der Waals surface area contributed by atoms with Gasteiger partial charge in [-0.1, -0.05) is 6.92 Å². The fourth-order valence-electron chi connectivity index (χ4n) is 2.07. The SMILES string of the molecule is CCCc1nc(NCC)c(C)c(NCCc2nccs2)n1. The van der Waals surface area contributed by atoms with Crippen LogP contribution in [0.15, 0.2) is 11.6 Å². The molecule has 0 saturated heterocycles. The fourth-order valence-corrected chi connectivity index (χ4v) is 2.69. The third kappa shape index (κ3) is 4.39. The number of nitrogens with one attached hydrogen (secondary N) is 2. The first kappa shape index (κ1) is 15.7. The van der Waals surface area contributed by atoms with E-state index < -0.39 is 0 Å². The van der Waals surface area contributed by atoms with Crippen LogP contribution in [0.1, 0.15) is 36.7 Å². The number of hydrogen-bond acceptors (Lipinski definition) is 6. The highest BCUT2D eigenvalue weighted by molar-refractivity contribution is 7.09. The molecular weight excluding hydrogens is 282 g/mol. The monoisotopic (exact) mass is 305 g/mol. The van der Waals surface area contributed by atoms with E-state index in [0.717, 1.165) is 60.4 Å². The third-order valence-corrected chi connectivity index (χ3v) is 3.96. The van der Waals surface area contributed by atoms with E-state index in [-0.39, 0.29) is 0 Å². The summed E-state index contributed by atoms with van der Waals surface area (Å²) in [6.45, 7) is 7.98. The first-order valence-electron chi connectivity index (χ1n) is 7.48. The molecule has 2 aromatic rings. The summed E-state index contributed by atoms with van der Waals surface area (Å²) in [6, 6.07) is 0. The van der Waals surface area contributed by atoms with Gasteiger partial charge in [-0.25, -0.2) is 15.0 Å². The molecule has 0 radical (unpaired) electrons. The Hall–Kier alpha value is -1.69. The Labute approximate surface area is 130 Å². The van der Waals surface area contributed by atoms with Gasteiger partial charge in [0.2, 0.25) is 0 Å². The minimum atomic E-state index is 0.836. The Morgan fingerprint density at radius 3 is 2.48 bits per heavy atom. The standard InChI is InChI=1S/C15H23N5S/c1-4-6-12-19-14(16-5-2)11(3)15(20-12)18-8-7-13-17-9-10-21-13/h9-10H,4-8H2,1-3H3,(H2,16,18,19,20). The molecule has 2 heterocycles. The zero-order valence-electron chi connectivity index (χ0n) is 12.9. The molecule has 0 amide bonds. The van der Waals surface area contributed by atoms with Crippen LogP contribution in [0.3, 0.4) is 0 Å². The second-order valence-electron chi connectivity index (χ2n) is 4.84. The molecule has 0 saturated carbocycles. The van der Waals surface area contributed by atoms with Gasteiger partial charge in [0.1, 0.15) is 17.5 Å². The highest BCUT2D eigenvalue weighted by Gasteiger charge is 2.10. The molecule has 0 unspecified atom stereocenters. The minimum Gasteiger partial charge on any atom is -0.370 e. The summed E-state index contributed by atoms with van der Waals surface area (Å²) in [5.41, 5.74) is 1.08. The van der Waals surface area contributed by atoms with E-state index in [1.54, 1.807) is 11.3 Å². The number of nitrogens with zero attached hydrogens (tertiary/aromatic N) is 3. The summed E-state index contributed by atoms with van der Waals surface area (Å²) in [7, 11) is 0. The lowest BCUT2D eigenvalue weighted by Crippen LogP contribution is -2.13. The van der Waals surface area contributed by atoms with Gasteiger partial charge < -0.3 is 10.6 Å². The summed E-state index contributed by atoms with van der Waals surface area (Å²) in [6.07, 6.45) is 4.71. The Balaban J connectivity index is 2.08. The Kier molecular flexibility index (Phi) is 5.92. The van der Waals surface area contributed by atoms with Crippen LogP contribution in [-0.4, -0.2) is 28.0 Å². The van der Waals surface area contributed by atoms with Crippen molar-refractivity contribution in [1.82, 2.24) is 15.0 Å². The summed E-state index contributed by atoms with van der Waals surface area (Å²) in [5, 5.41) is 9.90. The predicted octanol–water partition coefficient (Wildman–Crippen LogP) is 3.28. The molecule has 0 aliphatic heterocycles. The molecule has 6 heteroatoms. The average Bonchev–Trinajstić information content (AvgIpc) is 2.97. The van der Waals surface area contributed by atoms with E-state index in [2.05, 4.69) is 46.4 Å². The smallest absolute Gasteiger partial charge is 0.134 e. The first-order chi connectivity index (χ1) is 10.2. The average molecular weight is 305 g/mol. The van der Waals surface area contributed by atoms with Gasteiger partial charge in [0, 0.05) is 43.1 Å². The molecule has 0 spiro atoms. The predicted molar refractivity (Wildman–Crippen MR) is 89.2 cm³/mol. The quantitative estimate of drug-likeness (QED) is 0.783. The van der Waals surface area contributed by atoms with Gasteiger partial charge in [-0.05, 0) is 20.3 Å². The highest BCUT2D eigenvalue weighted by atomic mass is 32.1. The molecular formula is C15H23N5S. The number of rotatable bonds is 8. The molecule has 21 heavy (non-hydrogen) atoms. The van der Waals surface area contributed by atoms with Crippen molar-refractivity contribution in [3.05, 3.63) is 28.0 Å². The van der Waals surface area contributed by atoms with Gasteiger partial charge in [-0.3, -0.25) is 0 Å². The van der Waals surface area contributed by atoms with Gasteiger partial charge >= 0.3 is 0 Å². The van der Waals surface area contributed by atoms with Gasteiger partial charge in [-0.2, -0.15) is 0 Å². The van der Waals surface area contributed by atoms with Crippen molar-refractivity contribution in [3.63, 3.8) is 0 Å². The van der Waals surface area contributed by atoms with Crippen molar-refractivity contribution in [2.45, 2.75) is 40.0 Å². The zero-order chi connectivity index (χ0) is 15.1. The normalized spacial score (nSPS) is 10.6. The zero-order valence-corrected chi connectivity index (χ0v) is 13.8. The van der Waals surface area contributed by atoms with Gasteiger partial charge in [-0.15, -0.1) is 11.3 Å². The van der Waals surface area contributed by atoms with E-state index in [1.165, 1.54) is 0 Å². The van der Waals surface area contributed by atoms with Crippen LogP contribution in [0.4, 0.5) is 11.6 Å². The third-order valence-electron chi connectivity index (χ3n) is 3.12. The number of anilines is 2. The number of aryl methyl sites for hydroxylation is 1. The molecule has 0 bridgehead atoms. The summed E-state index contributed by atoms with van der Waals surface area (Å²) in [4.78, 5) is 13.5. The van der Waals surface area contributed by atoms with Crippen molar-refractivity contribution in [2.75, 3.05) is 23.7 Å². The van der Waals surface area contributed by atoms with Crippen molar-refractivity contribution in [1.29, 1.82) is 0 Å². The molecule has 0 fully saturated rings. The Bertz CT molecular complexity index is 553. The Morgan fingerprint density at radius 1 is 1.10 bits per heavy atom. The first-order valence-corrected chi connectivity index (χ1v) is 8.36. The van der Waals surface area contributed by atoms with Gasteiger partial charge in [0.05, 0.1) is 5.01 Å². The Morgan fingerprint density at radius 2 is 1.86 bits per heavy atom. The van der Waals surface area contributed by atoms with Gasteiger partial charge in [0.15, 0.2) is 0 Å². The largest absolute Gasteiger partial charge is 0.370 e. The fraction of sp³-hybridized carbons (Fsp3) is 0.533. The number of thiazole rings is 1. The maximum atomic E-state index is 4.64. The molecule has 0 aliphatic rings. The lowest BCUT2D eigenvalue weighted by atomic mass is 10.2. The lowest BCUT2D eigenvalue weighted by molar-refractivity contribution is 0.829. The lowest BCUT2D eigenvalue weighted by Gasteiger charge is -2.14. The molecule has 5 nitrogen and oxygen atoms in total. The topological polar surface area (TPSA) is 62.7 Å². The van der Waals surface area contributed by atoms with E-state index in [1.807, 2.05) is 11.6 Å². The van der Waals surface area contributed by atoms with Crippen LogP contribution in [-0.2, 0) is 12.8 Å². The van der Waals surface area contributed by atoms with E-state index in [0.29, 0.717) is 0 Å². The highest BCUT2D eigenvalue weighted by Crippen LogP contribution is 2.20. The van der Waals surface area contributed by atoms with Crippen LogP contribution in [0.2, 0.25) is 0 Å². The van der Waals surface area contributed by atoms with E-state index in [9.17, 15) is 0 Å². The summed E-state index contributed by atoms with van der Waals surface area (Å²) >= 11 is 1.69. The van der Waals surface area contributed by atoms with Crippen LogP contribution in [0.25, 0.3) is 0 Å². The van der Waals surface area contributed by atoms with Crippen molar-refractivity contribution < 1.29 is 0 Å². The molecule has 2 aromatic heterocycles. The number of hydrogen-bond donors (Lipinski definition) is 2. The molecule has 0 atom stereocenters. The van der Waals surface area contributed by atoms with Crippen LogP contribution < -0.4 is 10.6 Å². The van der Waals surface area contributed by atoms with Gasteiger partial charge in [0.25, 0.3) is 0 Å². The van der Waals surface area contributed by atoms with Crippen LogP contribution in [0.5, 0.6) is 0 Å². The summed E-state index contributed by atoms with van der Waals surface area (Å²) in [5.74, 6) is 2.77. The molecule has 2 rings (SSSR count). The van der Waals surface area contributed by atoms with E-state index >= 15 is 0 Å². The maximum absolute atomic E-state index is 4.64. The van der Waals surface area contributed by atoms with Crippen LogP contribution in [0, 0.1) is 6.92 Å². The van der Waals surface area contributed by atoms with Crippen molar-refractivity contribution >= 4 is 23.0 Å². The van der Waals surface area contributed by atoms with E-state index in [4.69, 9.17) is 0 Å². The maximum Gasteiger partial charge on any atom is 0.134 e. The van der Waals surface area contributed by atoms with Crippen LogP contribution >= 0.6 is 11.3 Å². The number of aromatic nitrogens is 3. The van der Waals surface area contributed by atoms with Crippen molar-refractivity contribution in [2.24, 2.45) is 0 Å². The second-order valence-corrected chi connectivity index (χ2v) is 5.82. The molecule has 114 valence electrons. The molecule has 0 aliphatic carbocycles. The minimum absolute atomic E-state index is 0.836. The second kappa shape index (κ2) is 7.93. The molecule has 2 N–H and O–H groups in total. The molecule has 0 aromatic carbocycles. The van der Waals surface area contributed by atoms with Crippen molar-refractivity contribution in [3.8, 4) is 0 Å².